The molecule has 1 heterocycles. The Hall–Kier alpha value is -2.94. The summed E-state index contributed by atoms with van der Waals surface area (Å²) in [6.07, 6.45) is 1.19. The Morgan fingerprint density at radius 2 is 1.26 bits per heavy atom. The molecule has 0 amide bonds. The van der Waals surface area contributed by atoms with Crippen LogP contribution in [0.15, 0.2) is 67.2 Å². The van der Waals surface area contributed by atoms with Crippen molar-refractivity contribution in [1.82, 2.24) is 4.57 Å². The van der Waals surface area contributed by atoms with E-state index >= 15 is 0 Å². The van der Waals surface area contributed by atoms with Crippen LogP contribution in [0.3, 0.4) is 0 Å². The molecular weight excluding hydrogens is 292 g/mol. The fraction of sp³-hybridized carbons (Fsp3) is 0. The quantitative estimate of drug-likeness (QED) is 0.447. The van der Waals surface area contributed by atoms with Crippen LogP contribution in [-0.4, -0.2) is 4.57 Å². The van der Waals surface area contributed by atoms with Crippen LogP contribution in [0.5, 0.6) is 0 Å². The molecule has 4 rings (SSSR count). The average molecular weight is 305 g/mol. The van der Waals surface area contributed by atoms with E-state index in [1.165, 1.54) is 18.2 Å². The SMILES string of the molecule is C=Cc1c(F)cc(-n2c3ccccc3c3ccccc32)cc1F. The van der Waals surface area contributed by atoms with Crippen LogP contribution in [0.1, 0.15) is 5.56 Å². The number of rotatable bonds is 2. The van der Waals surface area contributed by atoms with Crippen LogP contribution in [-0.2, 0) is 0 Å². The van der Waals surface area contributed by atoms with Crippen molar-refractivity contribution in [3.05, 3.63) is 84.4 Å². The monoisotopic (exact) mass is 305 g/mol. The lowest BCUT2D eigenvalue weighted by Gasteiger charge is -2.10. The molecule has 0 saturated carbocycles. The summed E-state index contributed by atoms with van der Waals surface area (Å²) < 4.78 is 30.2. The molecule has 112 valence electrons. The van der Waals surface area contributed by atoms with Crippen molar-refractivity contribution in [3.8, 4) is 5.69 Å². The highest BCUT2D eigenvalue weighted by Crippen LogP contribution is 2.32. The molecule has 3 heteroatoms. The minimum atomic E-state index is -0.614. The molecule has 0 radical (unpaired) electrons. The summed E-state index contributed by atoms with van der Waals surface area (Å²) in [6, 6.07) is 18.4. The highest BCUT2D eigenvalue weighted by Gasteiger charge is 2.14. The van der Waals surface area contributed by atoms with Gasteiger partial charge in [-0.05, 0) is 24.3 Å². The second kappa shape index (κ2) is 5.06. The van der Waals surface area contributed by atoms with E-state index in [9.17, 15) is 8.78 Å². The summed E-state index contributed by atoms with van der Waals surface area (Å²) in [5.74, 6) is -1.23. The predicted molar refractivity (Wildman–Crippen MR) is 90.8 cm³/mol. The third-order valence-corrected chi connectivity index (χ3v) is 4.11. The molecule has 0 atom stereocenters. The zero-order valence-electron chi connectivity index (χ0n) is 12.3. The lowest BCUT2D eigenvalue weighted by Crippen LogP contribution is -1.98. The lowest BCUT2D eigenvalue weighted by atomic mass is 10.1. The largest absolute Gasteiger partial charge is 0.309 e. The molecule has 0 aliphatic carbocycles. The zero-order chi connectivity index (χ0) is 16.0. The highest BCUT2D eigenvalue weighted by molar-refractivity contribution is 6.09. The molecule has 4 aromatic rings. The van der Waals surface area contributed by atoms with Crippen molar-refractivity contribution in [3.63, 3.8) is 0 Å². The minimum Gasteiger partial charge on any atom is -0.309 e. The Morgan fingerprint density at radius 1 is 0.783 bits per heavy atom. The Kier molecular flexibility index (Phi) is 3.01. The van der Waals surface area contributed by atoms with Gasteiger partial charge in [-0.3, -0.25) is 0 Å². The maximum Gasteiger partial charge on any atom is 0.135 e. The second-order valence-electron chi connectivity index (χ2n) is 5.40. The molecule has 0 spiro atoms. The molecule has 0 bridgehead atoms. The number of nitrogens with zero attached hydrogens (tertiary/aromatic N) is 1. The van der Waals surface area contributed by atoms with E-state index in [0.717, 1.165) is 21.8 Å². The summed E-state index contributed by atoms with van der Waals surface area (Å²) in [6.45, 7) is 3.46. The van der Waals surface area contributed by atoms with E-state index in [1.54, 1.807) is 0 Å². The van der Waals surface area contributed by atoms with Gasteiger partial charge in [0, 0.05) is 16.3 Å². The molecule has 0 N–H and O–H groups in total. The Labute approximate surface area is 132 Å². The van der Waals surface area contributed by atoms with Gasteiger partial charge in [0.25, 0.3) is 0 Å². The van der Waals surface area contributed by atoms with E-state index in [-0.39, 0.29) is 5.56 Å². The van der Waals surface area contributed by atoms with Gasteiger partial charge in [-0.1, -0.05) is 49.1 Å². The van der Waals surface area contributed by atoms with E-state index in [1.807, 2.05) is 53.1 Å². The van der Waals surface area contributed by atoms with Crippen LogP contribution >= 0.6 is 0 Å². The van der Waals surface area contributed by atoms with Crippen LogP contribution in [0.2, 0.25) is 0 Å². The van der Waals surface area contributed by atoms with E-state index < -0.39 is 11.6 Å². The molecule has 0 saturated heterocycles. The fourth-order valence-electron chi connectivity index (χ4n) is 3.10. The Bertz CT molecular complexity index is 984. The van der Waals surface area contributed by atoms with Crippen molar-refractivity contribution in [1.29, 1.82) is 0 Å². The smallest absolute Gasteiger partial charge is 0.135 e. The van der Waals surface area contributed by atoms with Gasteiger partial charge in [0.05, 0.1) is 16.7 Å². The molecule has 23 heavy (non-hydrogen) atoms. The van der Waals surface area contributed by atoms with Crippen LogP contribution in [0, 0.1) is 11.6 Å². The Morgan fingerprint density at radius 3 is 1.74 bits per heavy atom. The summed E-state index contributed by atoms with van der Waals surface area (Å²) in [5, 5.41) is 2.11. The van der Waals surface area contributed by atoms with Gasteiger partial charge in [0.15, 0.2) is 0 Å². The third kappa shape index (κ3) is 1.97. The predicted octanol–water partition coefficient (Wildman–Crippen LogP) is 5.70. The highest BCUT2D eigenvalue weighted by atomic mass is 19.1. The number of para-hydroxylation sites is 2. The van der Waals surface area contributed by atoms with Gasteiger partial charge >= 0.3 is 0 Å². The second-order valence-corrected chi connectivity index (χ2v) is 5.40. The number of halogens is 2. The van der Waals surface area contributed by atoms with E-state index in [2.05, 4.69) is 6.58 Å². The Balaban J connectivity index is 2.14. The zero-order valence-corrected chi connectivity index (χ0v) is 12.3. The maximum atomic E-state index is 14.2. The first kappa shape index (κ1) is 13.7. The molecule has 1 aromatic heterocycles. The van der Waals surface area contributed by atoms with Crippen LogP contribution < -0.4 is 0 Å². The molecule has 0 aliphatic rings. The van der Waals surface area contributed by atoms with Crippen molar-refractivity contribution in [2.45, 2.75) is 0 Å². The fourth-order valence-corrected chi connectivity index (χ4v) is 3.10. The summed E-state index contributed by atoms with van der Waals surface area (Å²) >= 11 is 0. The summed E-state index contributed by atoms with van der Waals surface area (Å²) in [7, 11) is 0. The number of hydrogen-bond acceptors (Lipinski definition) is 0. The van der Waals surface area contributed by atoms with Gasteiger partial charge < -0.3 is 4.57 Å². The van der Waals surface area contributed by atoms with Crippen LogP contribution in [0.25, 0.3) is 33.6 Å². The van der Waals surface area contributed by atoms with Gasteiger partial charge in [0.2, 0.25) is 0 Å². The third-order valence-electron chi connectivity index (χ3n) is 4.11. The van der Waals surface area contributed by atoms with Gasteiger partial charge in [-0.15, -0.1) is 0 Å². The van der Waals surface area contributed by atoms with Crippen LogP contribution in [0.4, 0.5) is 8.78 Å². The number of benzene rings is 3. The number of fused-ring (bicyclic) bond motifs is 3. The first-order valence-electron chi connectivity index (χ1n) is 7.31. The molecule has 0 aliphatic heterocycles. The maximum absolute atomic E-state index is 14.2. The van der Waals surface area contributed by atoms with Crippen molar-refractivity contribution in [2.24, 2.45) is 0 Å². The van der Waals surface area contributed by atoms with Crippen molar-refractivity contribution < 1.29 is 8.78 Å². The topological polar surface area (TPSA) is 4.93 Å². The average Bonchev–Trinajstić information content (AvgIpc) is 2.89. The first-order valence-corrected chi connectivity index (χ1v) is 7.31. The standard InChI is InChI=1S/C20H13F2N/c1-2-14-17(21)11-13(12-18(14)22)23-19-9-5-3-7-15(19)16-8-4-6-10-20(16)23/h2-12H,1H2. The molecule has 3 aromatic carbocycles. The van der Waals surface area contributed by atoms with Gasteiger partial charge in [-0.2, -0.15) is 0 Å². The number of aromatic nitrogens is 1. The van der Waals surface area contributed by atoms with Crippen molar-refractivity contribution >= 4 is 27.9 Å². The number of hydrogen-bond donors (Lipinski definition) is 0. The van der Waals surface area contributed by atoms with E-state index in [0.29, 0.717) is 5.69 Å². The van der Waals surface area contributed by atoms with Gasteiger partial charge in [0.1, 0.15) is 11.6 Å². The normalized spacial score (nSPS) is 11.2. The first-order chi connectivity index (χ1) is 11.2. The summed E-state index contributed by atoms with van der Waals surface area (Å²) in [4.78, 5) is 0. The minimum absolute atomic E-state index is 0.102. The molecule has 0 unspecified atom stereocenters. The lowest BCUT2D eigenvalue weighted by molar-refractivity contribution is 0.577. The van der Waals surface area contributed by atoms with Gasteiger partial charge in [-0.25, -0.2) is 8.78 Å². The molecular formula is C20H13F2N. The summed E-state index contributed by atoms with van der Waals surface area (Å²) in [5.41, 5.74) is 2.19. The van der Waals surface area contributed by atoms with E-state index in [4.69, 9.17) is 0 Å². The molecule has 0 fully saturated rings. The molecule has 1 nitrogen and oxygen atoms in total. The van der Waals surface area contributed by atoms with Crippen molar-refractivity contribution in [2.75, 3.05) is 0 Å².